The minimum absolute atomic E-state index is 0.0127. The third-order valence-electron chi connectivity index (χ3n) is 2.50. The summed E-state index contributed by atoms with van der Waals surface area (Å²) >= 11 is 0. The Labute approximate surface area is 97.2 Å². The lowest BCUT2D eigenvalue weighted by Crippen LogP contribution is -2.24. The molecule has 0 aliphatic heterocycles. The molecule has 3 heteroatoms. The van der Waals surface area contributed by atoms with Crippen LogP contribution in [-0.2, 0) is 0 Å². The summed E-state index contributed by atoms with van der Waals surface area (Å²) in [5.41, 5.74) is 1.73. The zero-order valence-corrected chi connectivity index (χ0v) is 10.0. The number of carbonyl (C=O) groups excluding carboxylic acids is 1. The fraction of sp³-hybridized carbons (Fsp3) is 0.462. The number of nitrogens with one attached hydrogen (secondary N) is 2. The molecule has 0 aliphatic rings. The van der Waals surface area contributed by atoms with Crippen molar-refractivity contribution in [2.75, 3.05) is 18.9 Å². The van der Waals surface area contributed by atoms with Crippen molar-refractivity contribution in [2.45, 2.75) is 26.2 Å². The van der Waals surface area contributed by atoms with Crippen molar-refractivity contribution in [1.29, 1.82) is 0 Å². The number of unbranched alkanes of at least 4 members (excludes halogenated alkanes) is 2. The maximum atomic E-state index is 11.7. The maximum Gasteiger partial charge on any atom is 0.251 e. The van der Waals surface area contributed by atoms with Gasteiger partial charge in [0.2, 0.25) is 0 Å². The van der Waals surface area contributed by atoms with Crippen molar-refractivity contribution in [2.24, 2.45) is 0 Å². The van der Waals surface area contributed by atoms with Gasteiger partial charge >= 0.3 is 0 Å². The summed E-state index contributed by atoms with van der Waals surface area (Å²) in [4.78, 5) is 11.7. The highest BCUT2D eigenvalue weighted by Crippen LogP contribution is 2.08. The standard InChI is InChI=1S/C13H20N2O/c1-3-4-5-10-15-13(16)11-6-8-12(14-2)9-7-11/h6-9,14H,3-5,10H2,1-2H3,(H,15,16). The van der Waals surface area contributed by atoms with E-state index in [1.807, 2.05) is 31.3 Å². The Morgan fingerprint density at radius 3 is 2.44 bits per heavy atom. The summed E-state index contributed by atoms with van der Waals surface area (Å²) in [5.74, 6) is 0.0127. The monoisotopic (exact) mass is 220 g/mol. The van der Waals surface area contributed by atoms with Gasteiger partial charge in [0.15, 0.2) is 0 Å². The molecule has 0 unspecified atom stereocenters. The molecule has 3 nitrogen and oxygen atoms in total. The number of rotatable bonds is 6. The Morgan fingerprint density at radius 2 is 1.88 bits per heavy atom. The first-order valence-corrected chi connectivity index (χ1v) is 5.84. The highest BCUT2D eigenvalue weighted by molar-refractivity contribution is 5.94. The zero-order valence-electron chi connectivity index (χ0n) is 10.0. The second-order valence-electron chi connectivity index (χ2n) is 3.79. The first-order chi connectivity index (χ1) is 7.77. The third kappa shape index (κ3) is 3.93. The van der Waals surface area contributed by atoms with Crippen molar-refractivity contribution in [3.63, 3.8) is 0 Å². The Balaban J connectivity index is 2.40. The summed E-state index contributed by atoms with van der Waals surface area (Å²) in [7, 11) is 1.86. The highest BCUT2D eigenvalue weighted by Gasteiger charge is 2.03. The van der Waals surface area contributed by atoms with Gasteiger partial charge in [-0.05, 0) is 30.7 Å². The zero-order chi connectivity index (χ0) is 11.8. The molecule has 0 spiro atoms. The normalized spacial score (nSPS) is 9.88. The average Bonchev–Trinajstić information content (AvgIpc) is 2.34. The van der Waals surface area contributed by atoms with Gasteiger partial charge < -0.3 is 10.6 Å². The van der Waals surface area contributed by atoms with Crippen LogP contribution in [0.2, 0.25) is 0 Å². The minimum Gasteiger partial charge on any atom is -0.388 e. The van der Waals surface area contributed by atoms with Crippen LogP contribution < -0.4 is 10.6 Å². The summed E-state index contributed by atoms with van der Waals surface area (Å²) in [6.45, 7) is 2.92. The van der Waals surface area contributed by atoms with E-state index in [-0.39, 0.29) is 5.91 Å². The van der Waals surface area contributed by atoms with Crippen molar-refractivity contribution in [3.8, 4) is 0 Å². The van der Waals surface area contributed by atoms with Gasteiger partial charge in [-0.1, -0.05) is 19.8 Å². The Kier molecular flexibility index (Phi) is 5.40. The van der Waals surface area contributed by atoms with Crippen LogP contribution in [0.4, 0.5) is 5.69 Å². The van der Waals surface area contributed by atoms with Gasteiger partial charge in [0.05, 0.1) is 0 Å². The van der Waals surface area contributed by atoms with Gasteiger partial charge in [-0.3, -0.25) is 4.79 Å². The number of anilines is 1. The summed E-state index contributed by atoms with van der Waals surface area (Å²) in [5, 5.41) is 5.93. The molecular weight excluding hydrogens is 200 g/mol. The van der Waals surface area contributed by atoms with Crippen LogP contribution in [0.1, 0.15) is 36.5 Å². The quantitative estimate of drug-likeness (QED) is 0.724. The van der Waals surface area contributed by atoms with Gasteiger partial charge in [0.1, 0.15) is 0 Å². The van der Waals surface area contributed by atoms with Crippen LogP contribution in [0.3, 0.4) is 0 Å². The maximum absolute atomic E-state index is 11.7. The topological polar surface area (TPSA) is 41.1 Å². The Morgan fingerprint density at radius 1 is 1.19 bits per heavy atom. The average molecular weight is 220 g/mol. The molecule has 1 aromatic carbocycles. The van der Waals surface area contributed by atoms with Crippen LogP contribution in [0.15, 0.2) is 24.3 Å². The molecule has 0 saturated heterocycles. The molecule has 0 fully saturated rings. The predicted octanol–water partition coefficient (Wildman–Crippen LogP) is 2.65. The molecule has 0 heterocycles. The van der Waals surface area contributed by atoms with Crippen molar-refractivity contribution in [1.82, 2.24) is 5.32 Å². The van der Waals surface area contributed by atoms with E-state index in [1.165, 1.54) is 12.8 Å². The molecular formula is C13H20N2O. The number of amides is 1. The lowest BCUT2D eigenvalue weighted by atomic mass is 10.2. The molecule has 0 atom stereocenters. The van der Waals surface area contributed by atoms with Crippen LogP contribution in [-0.4, -0.2) is 19.5 Å². The molecule has 1 rings (SSSR count). The van der Waals surface area contributed by atoms with E-state index >= 15 is 0 Å². The van der Waals surface area contributed by atoms with Crippen LogP contribution >= 0.6 is 0 Å². The van der Waals surface area contributed by atoms with Gasteiger partial charge in [-0.15, -0.1) is 0 Å². The smallest absolute Gasteiger partial charge is 0.251 e. The summed E-state index contributed by atoms with van der Waals surface area (Å²) in [6.07, 6.45) is 3.39. The van der Waals surface area contributed by atoms with Crippen LogP contribution in [0.25, 0.3) is 0 Å². The predicted molar refractivity (Wildman–Crippen MR) is 67.8 cm³/mol. The van der Waals surface area contributed by atoms with Gasteiger partial charge in [0.25, 0.3) is 5.91 Å². The van der Waals surface area contributed by atoms with E-state index in [0.717, 1.165) is 24.2 Å². The molecule has 2 N–H and O–H groups in total. The fourth-order valence-corrected chi connectivity index (χ4v) is 1.47. The molecule has 0 saturated carbocycles. The first kappa shape index (κ1) is 12.6. The largest absolute Gasteiger partial charge is 0.388 e. The van der Waals surface area contributed by atoms with E-state index in [4.69, 9.17) is 0 Å². The van der Waals surface area contributed by atoms with E-state index in [0.29, 0.717) is 0 Å². The van der Waals surface area contributed by atoms with Crippen molar-refractivity contribution >= 4 is 11.6 Å². The number of hydrogen-bond acceptors (Lipinski definition) is 2. The second-order valence-corrected chi connectivity index (χ2v) is 3.79. The van der Waals surface area contributed by atoms with Crippen molar-refractivity contribution < 1.29 is 4.79 Å². The van der Waals surface area contributed by atoms with E-state index < -0.39 is 0 Å². The fourth-order valence-electron chi connectivity index (χ4n) is 1.47. The van der Waals surface area contributed by atoms with Crippen molar-refractivity contribution in [3.05, 3.63) is 29.8 Å². The van der Waals surface area contributed by atoms with Gasteiger partial charge in [-0.2, -0.15) is 0 Å². The Bertz CT molecular complexity index is 319. The molecule has 1 aromatic rings. The lowest BCUT2D eigenvalue weighted by Gasteiger charge is -2.05. The lowest BCUT2D eigenvalue weighted by molar-refractivity contribution is 0.0953. The van der Waals surface area contributed by atoms with Crippen LogP contribution in [0.5, 0.6) is 0 Å². The molecule has 0 aromatic heterocycles. The Hall–Kier alpha value is -1.51. The SMILES string of the molecule is CCCCCNC(=O)c1ccc(NC)cc1. The summed E-state index contributed by atoms with van der Waals surface area (Å²) in [6, 6.07) is 7.48. The van der Waals surface area contributed by atoms with E-state index in [2.05, 4.69) is 17.6 Å². The van der Waals surface area contributed by atoms with Gasteiger partial charge in [0, 0.05) is 24.8 Å². The first-order valence-electron chi connectivity index (χ1n) is 5.84. The van der Waals surface area contributed by atoms with Gasteiger partial charge in [-0.25, -0.2) is 0 Å². The van der Waals surface area contributed by atoms with E-state index in [9.17, 15) is 4.79 Å². The van der Waals surface area contributed by atoms with Crippen LogP contribution in [0, 0.1) is 0 Å². The third-order valence-corrected chi connectivity index (χ3v) is 2.50. The molecule has 0 bridgehead atoms. The number of benzene rings is 1. The molecule has 16 heavy (non-hydrogen) atoms. The molecule has 1 amide bonds. The highest BCUT2D eigenvalue weighted by atomic mass is 16.1. The minimum atomic E-state index is 0.0127. The molecule has 0 radical (unpaired) electrons. The summed E-state index contributed by atoms with van der Waals surface area (Å²) < 4.78 is 0. The number of hydrogen-bond donors (Lipinski definition) is 2. The molecule has 88 valence electrons. The van der Waals surface area contributed by atoms with E-state index in [1.54, 1.807) is 0 Å². The second kappa shape index (κ2) is 6.88. The number of carbonyl (C=O) groups is 1. The molecule has 0 aliphatic carbocycles.